The Balaban J connectivity index is 1.93. The van der Waals surface area contributed by atoms with E-state index in [-0.39, 0.29) is 17.2 Å². The van der Waals surface area contributed by atoms with Gasteiger partial charge in [-0.3, -0.25) is 9.59 Å². The third kappa shape index (κ3) is 3.43. The standard InChI is InChI=1S/C15H23N3O2S/c1-4-15(5-2)9-16-14(20)13(15)18-11(19)6-7-12-17-10(3)8-21-12/h8,13H,4-7,9H2,1-3H3,(H,16,20)(H,18,19). The third-order valence-corrected chi connectivity index (χ3v) is 5.46. The zero-order valence-corrected chi connectivity index (χ0v) is 13.7. The SMILES string of the molecule is CCC1(CC)CNC(=O)C1NC(=O)CCc1nc(C)cs1. The Hall–Kier alpha value is -1.43. The Labute approximate surface area is 129 Å². The predicted molar refractivity (Wildman–Crippen MR) is 83.1 cm³/mol. The molecule has 0 spiro atoms. The molecule has 1 aliphatic rings. The highest BCUT2D eigenvalue weighted by Crippen LogP contribution is 2.34. The van der Waals surface area contributed by atoms with Crippen LogP contribution in [0.5, 0.6) is 0 Å². The highest BCUT2D eigenvalue weighted by molar-refractivity contribution is 7.09. The molecule has 1 unspecified atom stereocenters. The van der Waals surface area contributed by atoms with Crippen LogP contribution in [0.2, 0.25) is 0 Å². The van der Waals surface area contributed by atoms with E-state index in [2.05, 4.69) is 29.5 Å². The van der Waals surface area contributed by atoms with Crippen LogP contribution in [-0.2, 0) is 16.0 Å². The lowest BCUT2D eigenvalue weighted by atomic mass is 9.77. The molecule has 116 valence electrons. The molecular formula is C15H23N3O2S. The fourth-order valence-corrected chi connectivity index (χ4v) is 3.62. The van der Waals surface area contributed by atoms with Gasteiger partial charge in [0.15, 0.2) is 0 Å². The number of rotatable bonds is 6. The minimum Gasteiger partial charge on any atom is -0.354 e. The smallest absolute Gasteiger partial charge is 0.243 e. The van der Waals surface area contributed by atoms with Crippen molar-refractivity contribution in [1.82, 2.24) is 15.6 Å². The number of aryl methyl sites for hydroxylation is 2. The number of nitrogens with zero attached hydrogens (tertiary/aromatic N) is 1. The monoisotopic (exact) mass is 309 g/mol. The maximum atomic E-state index is 12.1. The topological polar surface area (TPSA) is 71.1 Å². The summed E-state index contributed by atoms with van der Waals surface area (Å²) in [5, 5.41) is 8.76. The molecule has 1 saturated heterocycles. The molecule has 5 nitrogen and oxygen atoms in total. The van der Waals surface area contributed by atoms with Gasteiger partial charge in [0, 0.05) is 35.9 Å². The summed E-state index contributed by atoms with van der Waals surface area (Å²) >= 11 is 1.57. The summed E-state index contributed by atoms with van der Waals surface area (Å²) in [4.78, 5) is 28.5. The molecular weight excluding hydrogens is 286 g/mol. The molecule has 6 heteroatoms. The summed E-state index contributed by atoms with van der Waals surface area (Å²) in [5.74, 6) is -0.131. The average Bonchev–Trinajstić information content (AvgIpc) is 3.02. The zero-order chi connectivity index (χ0) is 15.5. The quantitative estimate of drug-likeness (QED) is 0.842. The van der Waals surface area contributed by atoms with Crippen LogP contribution in [0.4, 0.5) is 0 Å². The molecule has 21 heavy (non-hydrogen) atoms. The lowest BCUT2D eigenvalue weighted by Crippen LogP contribution is -2.48. The molecule has 1 aromatic rings. The van der Waals surface area contributed by atoms with E-state index < -0.39 is 6.04 Å². The van der Waals surface area contributed by atoms with Crippen LogP contribution in [0.3, 0.4) is 0 Å². The first-order chi connectivity index (χ1) is 10.0. The van der Waals surface area contributed by atoms with Crippen molar-refractivity contribution in [2.24, 2.45) is 5.41 Å². The van der Waals surface area contributed by atoms with Gasteiger partial charge in [0.05, 0.1) is 5.01 Å². The molecule has 0 radical (unpaired) electrons. The van der Waals surface area contributed by atoms with Gasteiger partial charge in [0.25, 0.3) is 0 Å². The van der Waals surface area contributed by atoms with Crippen molar-refractivity contribution in [3.63, 3.8) is 0 Å². The van der Waals surface area contributed by atoms with Gasteiger partial charge in [-0.15, -0.1) is 11.3 Å². The largest absolute Gasteiger partial charge is 0.354 e. The fourth-order valence-electron chi connectivity index (χ4n) is 2.84. The summed E-state index contributed by atoms with van der Waals surface area (Å²) in [6.07, 6.45) is 2.75. The van der Waals surface area contributed by atoms with E-state index in [0.29, 0.717) is 19.4 Å². The molecule has 0 aromatic carbocycles. The van der Waals surface area contributed by atoms with Crippen molar-refractivity contribution in [3.8, 4) is 0 Å². The second kappa shape index (κ2) is 6.56. The Kier molecular flexibility index (Phi) is 4.98. The molecule has 0 aliphatic carbocycles. The van der Waals surface area contributed by atoms with Crippen LogP contribution in [0.1, 0.15) is 43.8 Å². The Bertz CT molecular complexity index is 523. The van der Waals surface area contributed by atoms with Crippen molar-refractivity contribution in [2.75, 3.05) is 6.54 Å². The number of carbonyl (C=O) groups is 2. The summed E-state index contributed by atoms with van der Waals surface area (Å²) in [7, 11) is 0. The molecule has 0 saturated carbocycles. The van der Waals surface area contributed by atoms with E-state index in [4.69, 9.17) is 0 Å². The summed E-state index contributed by atoms with van der Waals surface area (Å²) in [5.41, 5.74) is 0.839. The van der Waals surface area contributed by atoms with E-state index in [1.807, 2.05) is 12.3 Å². The van der Waals surface area contributed by atoms with Crippen LogP contribution in [0.25, 0.3) is 0 Å². The fraction of sp³-hybridized carbons (Fsp3) is 0.667. The van der Waals surface area contributed by atoms with Gasteiger partial charge in [-0.25, -0.2) is 4.98 Å². The van der Waals surface area contributed by atoms with Crippen molar-refractivity contribution in [2.45, 2.75) is 52.5 Å². The van der Waals surface area contributed by atoms with E-state index >= 15 is 0 Å². The second-order valence-corrected chi connectivity index (χ2v) is 6.61. The zero-order valence-electron chi connectivity index (χ0n) is 12.9. The van der Waals surface area contributed by atoms with Gasteiger partial charge in [0.1, 0.15) is 6.04 Å². The lowest BCUT2D eigenvalue weighted by molar-refractivity contribution is -0.128. The first kappa shape index (κ1) is 15.9. The van der Waals surface area contributed by atoms with Crippen LogP contribution < -0.4 is 10.6 Å². The Morgan fingerprint density at radius 3 is 2.81 bits per heavy atom. The van der Waals surface area contributed by atoms with Crippen LogP contribution >= 0.6 is 11.3 Å². The minimum atomic E-state index is -0.405. The van der Waals surface area contributed by atoms with Crippen molar-refractivity contribution < 1.29 is 9.59 Å². The number of hydrogen-bond acceptors (Lipinski definition) is 4. The molecule has 2 rings (SSSR count). The number of hydrogen-bond donors (Lipinski definition) is 2. The van der Waals surface area contributed by atoms with Crippen molar-refractivity contribution in [1.29, 1.82) is 0 Å². The summed E-state index contributed by atoms with van der Waals surface area (Å²) < 4.78 is 0. The van der Waals surface area contributed by atoms with Crippen LogP contribution in [-0.4, -0.2) is 29.4 Å². The second-order valence-electron chi connectivity index (χ2n) is 5.67. The van der Waals surface area contributed by atoms with Gasteiger partial charge in [0.2, 0.25) is 11.8 Å². The van der Waals surface area contributed by atoms with Gasteiger partial charge in [-0.1, -0.05) is 13.8 Å². The van der Waals surface area contributed by atoms with Crippen LogP contribution in [0, 0.1) is 12.3 Å². The molecule has 0 bridgehead atoms. The van der Waals surface area contributed by atoms with Crippen molar-refractivity contribution >= 4 is 23.2 Å². The van der Waals surface area contributed by atoms with E-state index in [9.17, 15) is 9.59 Å². The van der Waals surface area contributed by atoms with Gasteiger partial charge in [-0.2, -0.15) is 0 Å². The summed E-state index contributed by atoms with van der Waals surface area (Å²) in [6, 6.07) is -0.405. The van der Waals surface area contributed by atoms with Crippen LogP contribution in [0.15, 0.2) is 5.38 Å². The predicted octanol–water partition coefficient (Wildman–Crippen LogP) is 1.81. The highest BCUT2D eigenvalue weighted by Gasteiger charge is 2.46. The maximum Gasteiger partial charge on any atom is 0.243 e. The number of nitrogens with one attached hydrogen (secondary N) is 2. The number of aromatic nitrogens is 1. The number of carbonyl (C=O) groups excluding carboxylic acids is 2. The molecule has 1 aliphatic heterocycles. The first-order valence-corrected chi connectivity index (χ1v) is 8.37. The number of thiazole rings is 1. The first-order valence-electron chi connectivity index (χ1n) is 7.49. The van der Waals surface area contributed by atoms with Gasteiger partial charge < -0.3 is 10.6 Å². The molecule has 1 atom stereocenters. The Morgan fingerprint density at radius 1 is 1.52 bits per heavy atom. The van der Waals surface area contributed by atoms with Gasteiger partial charge in [-0.05, 0) is 19.8 Å². The molecule has 1 aromatic heterocycles. The third-order valence-electron chi connectivity index (χ3n) is 4.44. The maximum absolute atomic E-state index is 12.1. The molecule has 1 fully saturated rings. The van der Waals surface area contributed by atoms with Gasteiger partial charge >= 0.3 is 0 Å². The Morgan fingerprint density at radius 2 is 2.24 bits per heavy atom. The van der Waals surface area contributed by atoms with Crippen molar-refractivity contribution in [3.05, 3.63) is 16.1 Å². The average molecular weight is 309 g/mol. The highest BCUT2D eigenvalue weighted by atomic mass is 32.1. The molecule has 2 heterocycles. The normalized spacial score (nSPS) is 20.3. The molecule has 2 N–H and O–H groups in total. The lowest BCUT2D eigenvalue weighted by Gasteiger charge is -2.31. The van der Waals surface area contributed by atoms with E-state index in [1.165, 1.54) is 0 Å². The summed E-state index contributed by atoms with van der Waals surface area (Å²) in [6.45, 7) is 6.73. The van der Waals surface area contributed by atoms with E-state index in [1.54, 1.807) is 11.3 Å². The minimum absolute atomic E-state index is 0.0582. The molecule has 2 amide bonds. The number of amides is 2. The van der Waals surface area contributed by atoms with E-state index in [0.717, 1.165) is 23.5 Å².